The van der Waals surface area contributed by atoms with Crippen LogP contribution in [-0.2, 0) is 16.4 Å². The first kappa shape index (κ1) is 19.8. The summed E-state index contributed by atoms with van der Waals surface area (Å²) in [5.41, 5.74) is 1.99. The van der Waals surface area contributed by atoms with Crippen molar-refractivity contribution in [2.75, 3.05) is 30.8 Å². The van der Waals surface area contributed by atoms with Crippen molar-refractivity contribution in [1.29, 1.82) is 0 Å². The molecule has 0 aliphatic heterocycles. The Hall–Kier alpha value is -2.54. The second kappa shape index (κ2) is 8.71. The van der Waals surface area contributed by atoms with Crippen molar-refractivity contribution in [3.8, 4) is 5.75 Å². The van der Waals surface area contributed by atoms with E-state index >= 15 is 0 Å². The summed E-state index contributed by atoms with van der Waals surface area (Å²) in [6.45, 7) is 2.31. The van der Waals surface area contributed by atoms with Gasteiger partial charge in [0.2, 0.25) is 10.0 Å². The van der Waals surface area contributed by atoms with E-state index in [0.717, 1.165) is 12.0 Å². The number of sulfonamides is 1. The lowest BCUT2D eigenvalue weighted by Crippen LogP contribution is -2.38. The van der Waals surface area contributed by atoms with Gasteiger partial charge in [-0.05, 0) is 30.2 Å². The summed E-state index contributed by atoms with van der Waals surface area (Å²) in [7, 11) is -1.97. The monoisotopic (exact) mass is 376 g/mol. The standard InChI is InChI=1S/C19H24N2O4S/c1-4-15-9-5-7-11-17(15)21(26(3,23)24)14-13-20-19(22)16-10-6-8-12-18(16)25-2/h5-12H,4,13-14H2,1-3H3,(H,20,22). The summed E-state index contributed by atoms with van der Waals surface area (Å²) in [4.78, 5) is 12.4. The van der Waals surface area contributed by atoms with Gasteiger partial charge in [0, 0.05) is 6.54 Å². The van der Waals surface area contributed by atoms with E-state index in [4.69, 9.17) is 4.74 Å². The van der Waals surface area contributed by atoms with E-state index in [9.17, 15) is 13.2 Å². The summed E-state index contributed by atoms with van der Waals surface area (Å²) < 4.78 is 31.0. The van der Waals surface area contributed by atoms with Crippen LogP contribution in [0.1, 0.15) is 22.8 Å². The molecule has 0 aliphatic rings. The highest BCUT2D eigenvalue weighted by molar-refractivity contribution is 7.92. The van der Waals surface area contributed by atoms with Crippen molar-refractivity contribution in [1.82, 2.24) is 5.32 Å². The van der Waals surface area contributed by atoms with Gasteiger partial charge < -0.3 is 10.1 Å². The fraction of sp³-hybridized carbons (Fsp3) is 0.316. The molecule has 0 aliphatic carbocycles. The first-order chi connectivity index (χ1) is 12.4. The SMILES string of the molecule is CCc1ccccc1N(CCNC(=O)c1ccccc1OC)S(C)(=O)=O. The number of aryl methyl sites for hydroxylation is 1. The molecule has 0 unspecified atom stereocenters. The molecule has 0 heterocycles. The maximum absolute atomic E-state index is 12.4. The van der Waals surface area contributed by atoms with Crippen LogP contribution in [0.25, 0.3) is 0 Å². The molecule has 0 saturated heterocycles. The number of hydrogen-bond acceptors (Lipinski definition) is 4. The van der Waals surface area contributed by atoms with Gasteiger partial charge in [0.05, 0.1) is 31.2 Å². The summed E-state index contributed by atoms with van der Waals surface area (Å²) in [6.07, 6.45) is 1.89. The van der Waals surface area contributed by atoms with E-state index in [0.29, 0.717) is 17.0 Å². The number of methoxy groups -OCH3 is 1. The minimum absolute atomic E-state index is 0.150. The summed E-state index contributed by atoms with van der Waals surface area (Å²) >= 11 is 0. The quantitative estimate of drug-likeness (QED) is 0.768. The number of hydrogen-bond donors (Lipinski definition) is 1. The predicted octanol–water partition coefficient (Wildman–Crippen LogP) is 2.45. The van der Waals surface area contributed by atoms with E-state index in [-0.39, 0.29) is 19.0 Å². The van der Waals surface area contributed by atoms with Gasteiger partial charge in [-0.3, -0.25) is 9.10 Å². The van der Waals surface area contributed by atoms with Gasteiger partial charge in [-0.25, -0.2) is 8.42 Å². The van der Waals surface area contributed by atoms with Crippen molar-refractivity contribution in [3.05, 3.63) is 59.7 Å². The molecule has 7 heteroatoms. The number of carbonyl (C=O) groups excluding carboxylic acids is 1. The van der Waals surface area contributed by atoms with Crippen LogP contribution in [-0.4, -0.2) is 40.8 Å². The van der Waals surface area contributed by atoms with Gasteiger partial charge in [-0.15, -0.1) is 0 Å². The highest BCUT2D eigenvalue weighted by Crippen LogP contribution is 2.23. The maximum atomic E-state index is 12.4. The first-order valence-electron chi connectivity index (χ1n) is 8.35. The fourth-order valence-electron chi connectivity index (χ4n) is 2.72. The average molecular weight is 376 g/mol. The highest BCUT2D eigenvalue weighted by atomic mass is 32.2. The van der Waals surface area contributed by atoms with E-state index < -0.39 is 10.0 Å². The van der Waals surface area contributed by atoms with Gasteiger partial charge in [0.25, 0.3) is 5.91 Å². The van der Waals surface area contributed by atoms with Crippen LogP contribution in [0.2, 0.25) is 0 Å². The highest BCUT2D eigenvalue weighted by Gasteiger charge is 2.20. The van der Waals surface area contributed by atoms with Crippen molar-refractivity contribution in [2.45, 2.75) is 13.3 Å². The Bertz CT molecular complexity index is 865. The molecule has 2 rings (SSSR count). The molecule has 1 amide bonds. The van der Waals surface area contributed by atoms with Crippen molar-refractivity contribution >= 4 is 21.6 Å². The Labute approximate surface area is 154 Å². The summed E-state index contributed by atoms with van der Waals surface area (Å²) in [5.74, 6) is 0.168. The molecule has 0 spiro atoms. The number of ether oxygens (including phenoxy) is 1. The summed E-state index contributed by atoms with van der Waals surface area (Å²) in [6, 6.07) is 14.3. The smallest absolute Gasteiger partial charge is 0.255 e. The van der Waals surface area contributed by atoms with Gasteiger partial charge in [-0.1, -0.05) is 37.3 Å². The van der Waals surface area contributed by atoms with Crippen molar-refractivity contribution in [2.24, 2.45) is 0 Å². The van der Waals surface area contributed by atoms with Crippen LogP contribution in [0.4, 0.5) is 5.69 Å². The molecule has 140 valence electrons. The lowest BCUT2D eigenvalue weighted by atomic mass is 10.1. The number of nitrogens with one attached hydrogen (secondary N) is 1. The van der Waals surface area contributed by atoms with E-state index in [1.165, 1.54) is 17.7 Å². The second-order valence-corrected chi connectivity index (χ2v) is 7.68. The van der Waals surface area contributed by atoms with Gasteiger partial charge in [0.15, 0.2) is 0 Å². The second-order valence-electron chi connectivity index (χ2n) is 5.77. The largest absolute Gasteiger partial charge is 0.496 e. The first-order valence-corrected chi connectivity index (χ1v) is 10.2. The van der Waals surface area contributed by atoms with E-state index in [2.05, 4.69) is 5.32 Å². The Morgan fingerprint density at radius 2 is 1.77 bits per heavy atom. The zero-order chi connectivity index (χ0) is 19.2. The molecule has 2 aromatic rings. The van der Waals surface area contributed by atoms with Gasteiger partial charge in [0.1, 0.15) is 5.75 Å². The molecule has 0 aromatic heterocycles. The Kier molecular flexibility index (Phi) is 6.63. The molecule has 0 bridgehead atoms. The Morgan fingerprint density at radius 3 is 2.42 bits per heavy atom. The predicted molar refractivity (Wildman–Crippen MR) is 103 cm³/mol. The molecule has 1 N–H and O–H groups in total. The third-order valence-corrected chi connectivity index (χ3v) is 5.17. The molecule has 26 heavy (non-hydrogen) atoms. The number of anilines is 1. The summed E-state index contributed by atoms with van der Waals surface area (Å²) in [5, 5.41) is 2.76. The molecular formula is C19H24N2O4S. The van der Waals surface area contributed by atoms with Crippen molar-refractivity contribution in [3.63, 3.8) is 0 Å². The van der Waals surface area contributed by atoms with Crippen LogP contribution in [0, 0.1) is 0 Å². The van der Waals surface area contributed by atoms with Crippen LogP contribution >= 0.6 is 0 Å². The van der Waals surface area contributed by atoms with Gasteiger partial charge in [-0.2, -0.15) is 0 Å². The molecule has 0 atom stereocenters. The molecule has 6 nitrogen and oxygen atoms in total. The number of benzene rings is 2. The van der Waals surface area contributed by atoms with Crippen LogP contribution in [0.5, 0.6) is 5.75 Å². The Balaban J connectivity index is 2.13. The van der Waals surface area contributed by atoms with Crippen LogP contribution in [0.3, 0.4) is 0 Å². The number of amides is 1. The Morgan fingerprint density at radius 1 is 1.12 bits per heavy atom. The van der Waals surface area contributed by atoms with E-state index in [1.807, 2.05) is 19.1 Å². The maximum Gasteiger partial charge on any atom is 0.255 e. The number of rotatable bonds is 8. The molecule has 2 aromatic carbocycles. The lowest BCUT2D eigenvalue weighted by Gasteiger charge is -2.25. The third-order valence-electron chi connectivity index (χ3n) is 3.99. The lowest BCUT2D eigenvalue weighted by molar-refractivity contribution is 0.0952. The zero-order valence-corrected chi connectivity index (χ0v) is 16.0. The number of para-hydroxylation sites is 2. The normalized spacial score (nSPS) is 11.0. The zero-order valence-electron chi connectivity index (χ0n) is 15.2. The number of carbonyl (C=O) groups is 1. The van der Waals surface area contributed by atoms with Crippen molar-refractivity contribution < 1.29 is 17.9 Å². The third kappa shape index (κ3) is 4.76. The average Bonchev–Trinajstić information content (AvgIpc) is 2.64. The molecular weight excluding hydrogens is 352 g/mol. The minimum Gasteiger partial charge on any atom is -0.496 e. The number of nitrogens with zero attached hydrogens (tertiary/aromatic N) is 1. The van der Waals surface area contributed by atoms with Gasteiger partial charge >= 0.3 is 0 Å². The topological polar surface area (TPSA) is 75.7 Å². The van der Waals surface area contributed by atoms with Crippen LogP contribution < -0.4 is 14.4 Å². The fourth-order valence-corrected chi connectivity index (χ4v) is 3.67. The molecule has 0 saturated carbocycles. The molecule has 0 fully saturated rings. The van der Waals surface area contributed by atoms with E-state index in [1.54, 1.807) is 36.4 Å². The molecule has 0 radical (unpaired) electrons. The van der Waals surface area contributed by atoms with Crippen LogP contribution in [0.15, 0.2) is 48.5 Å². The minimum atomic E-state index is -3.47.